The summed E-state index contributed by atoms with van der Waals surface area (Å²) in [5.41, 5.74) is 0.582. The van der Waals surface area contributed by atoms with E-state index in [4.69, 9.17) is 4.74 Å². The summed E-state index contributed by atoms with van der Waals surface area (Å²) < 4.78 is 17.8. The van der Waals surface area contributed by atoms with Crippen LogP contribution < -0.4 is 5.32 Å². The molecule has 0 aromatic heterocycles. The number of nitrogens with one attached hydrogen (secondary N) is 1. The number of halogens is 1. The second-order valence-corrected chi connectivity index (χ2v) is 4.29. The van der Waals surface area contributed by atoms with Crippen LogP contribution >= 0.6 is 0 Å². The van der Waals surface area contributed by atoms with Crippen molar-refractivity contribution >= 4 is 6.09 Å². The molecule has 1 aromatic rings. The molecule has 0 atom stereocenters. The predicted octanol–water partition coefficient (Wildman–Crippen LogP) is 2.95. The van der Waals surface area contributed by atoms with E-state index >= 15 is 0 Å². The van der Waals surface area contributed by atoms with Crippen molar-refractivity contribution in [1.82, 2.24) is 5.32 Å². The van der Waals surface area contributed by atoms with Crippen molar-refractivity contribution < 1.29 is 13.9 Å². The minimum Gasteiger partial charge on any atom is -0.450 e. The Morgan fingerprint density at radius 2 is 2.06 bits per heavy atom. The molecule has 1 amide bonds. The normalized spacial score (nSPS) is 17.1. The van der Waals surface area contributed by atoms with Crippen LogP contribution in [0, 0.1) is 5.82 Å². The molecule has 1 fully saturated rings. The van der Waals surface area contributed by atoms with E-state index in [0.717, 1.165) is 24.8 Å². The molecular weight excluding hydrogens is 221 g/mol. The molecule has 92 valence electrons. The first-order chi connectivity index (χ1) is 8.16. The van der Waals surface area contributed by atoms with Crippen LogP contribution in [-0.4, -0.2) is 12.7 Å². The molecule has 4 heteroatoms. The lowest BCUT2D eigenvalue weighted by Crippen LogP contribution is -2.50. The number of benzene rings is 1. The van der Waals surface area contributed by atoms with Crippen molar-refractivity contribution in [1.29, 1.82) is 0 Å². The fraction of sp³-hybridized carbons (Fsp3) is 0.462. The summed E-state index contributed by atoms with van der Waals surface area (Å²) in [5.74, 6) is -0.264. The molecule has 0 radical (unpaired) electrons. The van der Waals surface area contributed by atoms with Crippen LogP contribution in [0.4, 0.5) is 9.18 Å². The molecule has 0 bridgehead atoms. The van der Waals surface area contributed by atoms with Crippen LogP contribution in [0.15, 0.2) is 24.3 Å². The van der Waals surface area contributed by atoms with Gasteiger partial charge in [0.2, 0.25) is 0 Å². The van der Waals surface area contributed by atoms with Gasteiger partial charge < -0.3 is 10.1 Å². The van der Waals surface area contributed by atoms with Gasteiger partial charge in [0.05, 0.1) is 12.1 Å². The van der Waals surface area contributed by atoms with E-state index in [2.05, 4.69) is 5.32 Å². The second kappa shape index (κ2) is 4.73. The molecule has 0 spiro atoms. The fourth-order valence-corrected chi connectivity index (χ4v) is 2.15. The van der Waals surface area contributed by atoms with Gasteiger partial charge in [0.1, 0.15) is 5.82 Å². The van der Waals surface area contributed by atoms with Crippen molar-refractivity contribution in [3.8, 4) is 0 Å². The van der Waals surface area contributed by atoms with E-state index in [1.54, 1.807) is 19.1 Å². The van der Waals surface area contributed by atoms with Gasteiger partial charge in [-0.1, -0.05) is 12.1 Å². The molecule has 1 aliphatic carbocycles. The quantitative estimate of drug-likeness (QED) is 0.877. The predicted molar refractivity (Wildman–Crippen MR) is 62.1 cm³/mol. The third-order valence-electron chi connectivity index (χ3n) is 3.22. The molecule has 1 N–H and O–H groups in total. The Bertz CT molecular complexity index is 398. The summed E-state index contributed by atoms with van der Waals surface area (Å²) in [4.78, 5) is 11.5. The average molecular weight is 237 g/mol. The average Bonchev–Trinajstić information content (AvgIpc) is 2.25. The van der Waals surface area contributed by atoms with Crippen LogP contribution in [0.1, 0.15) is 31.7 Å². The van der Waals surface area contributed by atoms with Gasteiger partial charge in [-0.25, -0.2) is 9.18 Å². The van der Waals surface area contributed by atoms with Crippen LogP contribution in [0.2, 0.25) is 0 Å². The van der Waals surface area contributed by atoms with Gasteiger partial charge in [-0.3, -0.25) is 0 Å². The minimum absolute atomic E-state index is 0.264. The van der Waals surface area contributed by atoms with Crippen LogP contribution in [0.25, 0.3) is 0 Å². The zero-order valence-electron chi connectivity index (χ0n) is 9.83. The van der Waals surface area contributed by atoms with Crippen LogP contribution in [-0.2, 0) is 10.3 Å². The van der Waals surface area contributed by atoms with Gasteiger partial charge >= 0.3 is 6.09 Å². The summed E-state index contributed by atoms with van der Waals surface area (Å²) in [6.45, 7) is 2.12. The molecule has 0 unspecified atom stereocenters. The van der Waals surface area contributed by atoms with Gasteiger partial charge in [0.15, 0.2) is 0 Å². The van der Waals surface area contributed by atoms with Gasteiger partial charge in [-0.15, -0.1) is 0 Å². The highest BCUT2D eigenvalue weighted by atomic mass is 19.1. The van der Waals surface area contributed by atoms with Crippen molar-refractivity contribution in [2.24, 2.45) is 0 Å². The Morgan fingerprint density at radius 1 is 1.41 bits per heavy atom. The van der Waals surface area contributed by atoms with E-state index < -0.39 is 6.09 Å². The van der Waals surface area contributed by atoms with Gasteiger partial charge in [0, 0.05) is 0 Å². The summed E-state index contributed by atoms with van der Waals surface area (Å²) in [6, 6.07) is 6.28. The van der Waals surface area contributed by atoms with Crippen molar-refractivity contribution in [2.45, 2.75) is 31.7 Å². The molecule has 3 nitrogen and oxygen atoms in total. The SMILES string of the molecule is CCOC(=O)NC1(c2ccc(F)cc2)CCC1. The third-order valence-corrected chi connectivity index (χ3v) is 3.22. The molecular formula is C13H16FNO2. The maximum Gasteiger partial charge on any atom is 0.407 e. The molecule has 1 saturated carbocycles. The Morgan fingerprint density at radius 3 is 2.53 bits per heavy atom. The van der Waals surface area contributed by atoms with Crippen molar-refractivity contribution in [2.75, 3.05) is 6.61 Å². The van der Waals surface area contributed by atoms with E-state index in [9.17, 15) is 9.18 Å². The van der Waals surface area contributed by atoms with Crippen LogP contribution in [0.3, 0.4) is 0 Å². The number of ether oxygens (including phenoxy) is 1. The van der Waals surface area contributed by atoms with E-state index in [1.807, 2.05) is 0 Å². The first-order valence-electron chi connectivity index (χ1n) is 5.87. The molecule has 0 aliphatic heterocycles. The zero-order valence-corrected chi connectivity index (χ0v) is 9.83. The monoisotopic (exact) mass is 237 g/mol. The highest BCUT2D eigenvalue weighted by molar-refractivity contribution is 5.69. The maximum atomic E-state index is 12.9. The second-order valence-electron chi connectivity index (χ2n) is 4.29. The Balaban J connectivity index is 2.14. The Kier molecular flexibility index (Phi) is 3.31. The number of rotatable bonds is 3. The molecule has 0 saturated heterocycles. The van der Waals surface area contributed by atoms with Crippen LogP contribution in [0.5, 0.6) is 0 Å². The van der Waals surface area contributed by atoms with Crippen molar-refractivity contribution in [3.63, 3.8) is 0 Å². The number of carbonyl (C=O) groups is 1. The maximum absolute atomic E-state index is 12.9. The molecule has 1 aromatic carbocycles. The topological polar surface area (TPSA) is 38.3 Å². The van der Waals surface area contributed by atoms with E-state index in [1.165, 1.54) is 12.1 Å². The zero-order chi connectivity index (χ0) is 12.3. The molecule has 0 heterocycles. The lowest BCUT2D eigenvalue weighted by Gasteiger charge is -2.42. The molecule has 1 aliphatic rings. The standard InChI is InChI=1S/C13H16FNO2/c1-2-17-12(16)15-13(8-3-9-13)10-4-6-11(14)7-5-10/h4-7H,2-3,8-9H2,1H3,(H,15,16). The summed E-state index contributed by atoms with van der Waals surface area (Å²) >= 11 is 0. The van der Waals surface area contributed by atoms with E-state index in [-0.39, 0.29) is 11.4 Å². The van der Waals surface area contributed by atoms with Gasteiger partial charge in [-0.05, 0) is 43.9 Å². The summed E-state index contributed by atoms with van der Waals surface area (Å²) in [6.07, 6.45) is 2.40. The number of carbonyl (C=O) groups excluding carboxylic acids is 1. The van der Waals surface area contributed by atoms with Gasteiger partial charge in [0.25, 0.3) is 0 Å². The first kappa shape index (κ1) is 11.9. The lowest BCUT2D eigenvalue weighted by atomic mass is 9.72. The number of amides is 1. The lowest BCUT2D eigenvalue weighted by molar-refractivity contribution is 0.115. The minimum atomic E-state index is -0.406. The Hall–Kier alpha value is -1.58. The number of hydrogen-bond donors (Lipinski definition) is 1. The molecule has 2 rings (SSSR count). The number of alkyl carbamates (subject to hydrolysis) is 1. The highest BCUT2D eigenvalue weighted by Gasteiger charge is 2.40. The fourth-order valence-electron chi connectivity index (χ4n) is 2.15. The molecule has 17 heavy (non-hydrogen) atoms. The van der Waals surface area contributed by atoms with Gasteiger partial charge in [-0.2, -0.15) is 0 Å². The van der Waals surface area contributed by atoms with E-state index in [0.29, 0.717) is 6.61 Å². The summed E-state index contributed by atoms with van der Waals surface area (Å²) in [5, 5.41) is 2.88. The van der Waals surface area contributed by atoms with Crippen molar-refractivity contribution in [3.05, 3.63) is 35.6 Å². The largest absolute Gasteiger partial charge is 0.450 e. The third kappa shape index (κ3) is 2.40. The summed E-state index contributed by atoms with van der Waals surface area (Å²) in [7, 11) is 0. The number of hydrogen-bond acceptors (Lipinski definition) is 2. The highest BCUT2D eigenvalue weighted by Crippen LogP contribution is 2.41. The smallest absolute Gasteiger partial charge is 0.407 e. The Labute approximate surface area is 100.0 Å². The first-order valence-corrected chi connectivity index (χ1v) is 5.87.